The summed E-state index contributed by atoms with van der Waals surface area (Å²) in [7, 11) is 0. The van der Waals surface area contributed by atoms with Crippen LogP contribution in [0.3, 0.4) is 0 Å². The van der Waals surface area contributed by atoms with Crippen LogP contribution in [0.25, 0.3) is 0 Å². The molecular weight excluding hydrogens is 405 g/mol. The number of hydrogen-bond acceptors (Lipinski definition) is 3. The number of nitrogens with zero attached hydrogens (tertiary/aromatic N) is 2. The minimum atomic E-state index is 0. The van der Waals surface area contributed by atoms with Crippen molar-refractivity contribution in [1.29, 1.82) is 0 Å². The maximum Gasteiger partial charge on any atom is 0.227 e. The maximum atomic E-state index is 13.1. The smallest absolute Gasteiger partial charge is 0.227 e. The quantitative estimate of drug-likeness (QED) is 0.761. The number of aromatic nitrogens is 1. The number of hydrogen-bond donors (Lipinski definition) is 1. The third-order valence-electron chi connectivity index (χ3n) is 4.70. The third-order valence-corrected chi connectivity index (χ3v) is 5.44. The lowest BCUT2D eigenvalue weighted by Gasteiger charge is -2.31. The Morgan fingerprint density at radius 3 is 2.74 bits per heavy atom. The molecule has 1 atom stereocenters. The summed E-state index contributed by atoms with van der Waals surface area (Å²) in [6.07, 6.45) is 5.12. The van der Waals surface area contributed by atoms with E-state index in [1.165, 1.54) is 0 Å². The van der Waals surface area contributed by atoms with E-state index < -0.39 is 0 Å². The molecule has 0 bridgehead atoms. The minimum Gasteiger partial charge on any atom is -0.333 e. The van der Waals surface area contributed by atoms with Gasteiger partial charge in [0.1, 0.15) is 0 Å². The molecule has 0 aliphatic carbocycles. The monoisotopic (exact) mass is 427 g/mol. The van der Waals surface area contributed by atoms with Crippen LogP contribution in [0.2, 0.25) is 10.0 Å². The Labute approximate surface area is 176 Å². The molecule has 2 aromatic rings. The summed E-state index contributed by atoms with van der Waals surface area (Å²) >= 11 is 12.1. The number of carbonyl (C=O) groups is 1. The summed E-state index contributed by atoms with van der Waals surface area (Å²) in [6, 6.07) is 11.4. The molecule has 1 saturated heterocycles. The van der Waals surface area contributed by atoms with Crippen LogP contribution < -0.4 is 5.32 Å². The lowest BCUT2D eigenvalue weighted by atomic mass is 10.0. The fourth-order valence-electron chi connectivity index (χ4n) is 3.33. The van der Waals surface area contributed by atoms with Gasteiger partial charge in [0.25, 0.3) is 0 Å². The fraction of sp³-hybridized carbons (Fsp3) is 0.400. The number of nitrogens with one attached hydrogen (secondary N) is 1. The Bertz CT molecular complexity index is 735. The number of benzene rings is 1. The van der Waals surface area contributed by atoms with Crippen LogP contribution in [-0.4, -0.2) is 34.9 Å². The molecule has 27 heavy (non-hydrogen) atoms. The number of carbonyl (C=O) groups excluding carboxylic acids is 1. The summed E-state index contributed by atoms with van der Waals surface area (Å²) in [5.41, 5.74) is 1.79. The van der Waals surface area contributed by atoms with E-state index in [1.807, 2.05) is 29.2 Å². The zero-order valence-electron chi connectivity index (χ0n) is 15.0. The van der Waals surface area contributed by atoms with E-state index in [4.69, 9.17) is 23.2 Å². The molecule has 0 radical (unpaired) electrons. The van der Waals surface area contributed by atoms with Gasteiger partial charge in [0.15, 0.2) is 0 Å². The van der Waals surface area contributed by atoms with Crippen LogP contribution in [0, 0.1) is 0 Å². The highest BCUT2D eigenvalue weighted by atomic mass is 35.5. The van der Waals surface area contributed by atoms with Crippen molar-refractivity contribution in [2.45, 2.75) is 38.3 Å². The van der Waals surface area contributed by atoms with Gasteiger partial charge in [-0.15, -0.1) is 12.4 Å². The van der Waals surface area contributed by atoms with Crippen molar-refractivity contribution in [2.75, 3.05) is 13.1 Å². The first kappa shape index (κ1) is 22.0. The molecule has 4 nitrogen and oxygen atoms in total. The molecule has 1 fully saturated rings. The highest BCUT2D eigenvalue weighted by Crippen LogP contribution is 2.24. The van der Waals surface area contributed by atoms with Crippen LogP contribution in [-0.2, 0) is 17.8 Å². The van der Waals surface area contributed by atoms with E-state index in [0.29, 0.717) is 23.0 Å². The SMILES string of the molecule is Cl.O=C(Cc1ccc(Cl)c(Cl)c1)N(Cc1ccccn1)C1CCCNCC1. The first-order valence-electron chi connectivity index (χ1n) is 8.97. The average molecular weight is 429 g/mol. The van der Waals surface area contributed by atoms with Crippen LogP contribution >= 0.6 is 35.6 Å². The molecule has 1 aromatic heterocycles. The van der Waals surface area contributed by atoms with Crippen molar-refractivity contribution in [3.8, 4) is 0 Å². The topological polar surface area (TPSA) is 45.2 Å². The molecule has 1 N–H and O–H groups in total. The van der Waals surface area contributed by atoms with Gasteiger partial charge in [0.05, 0.1) is 28.7 Å². The van der Waals surface area contributed by atoms with E-state index in [9.17, 15) is 4.79 Å². The van der Waals surface area contributed by atoms with Crippen LogP contribution in [0.5, 0.6) is 0 Å². The normalized spacial score (nSPS) is 16.9. The first-order valence-corrected chi connectivity index (χ1v) is 9.73. The molecule has 1 aliphatic rings. The lowest BCUT2D eigenvalue weighted by Crippen LogP contribution is -2.41. The van der Waals surface area contributed by atoms with Crippen molar-refractivity contribution in [3.63, 3.8) is 0 Å². The summed E-state index contributed by atoms with van der Waals surface area (Å²) in [5.74, 6) is 0.0981. The molecule has 1 aromatic carbocycles. The molecule has 1 unspecified atom stereocenters. The second-order valence-corrected chi connectivity index (χ2v) is 7.42. The third kappa shape index (κ3) is 6.35. The van der Waals surface area contributed by atoms with Gasteiger partial charge in [-0.2, -0.15) is 0 Å². The standard InChI is InChI=1S/C20H23Cl2N3O.ClH/c21-18-7-6-15(12-19(18)22)13-20(26)25(14-16-4-1-2-10-24-16)17-5-3-9-23-11-8-17;/h1-2,4,6-7,10,12,17,23H,3,5,8-9,11,13-14H2;1H. The van der Waals surface area contributed by atoms with E-state index in [2.05, 4.69) is 10.3 Å². The predicted octanol–water partition coefficient (Wildman–Crippen LogP) is 4.52. The Balaban J connectivity index is 0.00000261. The Morgan fingerprint density at radius 1 is 1.15 bits per heavy atom. The lowest BCUT2D eigenvalue weighted by molar-refractivity contribution is -0.133. The first-order chi connectivity index (χ1) is 12.6. The van der Waals surface area contributed by atoms with Gasteiger partial charge in [0.2, 0.25) is 5.91 Å². The van der Waals surface area contributed by atoms with Crippen LogP contribution in [0.1, 0.15) is 30.5 Å². The zero-order valence-corrected chi connectivity index (χ0v) is 17.4. The number of halogens is 3. The minimum absolute atomic E-state index is 0. The molecule has 0 spiro atoms. The Morgan fingerprint density at radius 2 is 2.00 bits per heavy atom. The van der Waals surface area contributed by atoms with Crippen LogP contribution in [0.15, 0.2) is 42.6 Å². The van der Waals surface area contributed by atoms with E-state index >= 15 is 0 Å². The highest BCUT2D eigenvalue weighted by Gasteiger charge is 2.25. The van der Waals surface area contributed by atoms with Crippen molar-refractivity contribution < 1.29 is 4.79 Å². The van der Waals surface area contributed by atoms with E-state index in [1.54, 1.807) is 18.3 Å². The fourth-order valence-corrected chi connectivity index (χ4v) is 3.65. The van der Waals surface area contributed by atoms with Gasteiger partial charge in [0, 0.05) is 12.2 Å². The van der Waals surface area contributed by atoms with Gasteiger partial charge < -0.3 is 10.2 Å². The van der Waals surface area contributed by atoms with Gasteiger partial charge >= 0.3 is 0 Å². The van der Waals surface area contributed by atoms with Crippen molar-refractivity contribution in [3.05, 3.63) is 63.9 Å². The van der Waals surface area contributed by atoms with E-state index in [-0.39, 0.29) is 24.4 Å². The molecule has 1 amide bonds. The van der Waals surface area contributed by atoms with Crippen molar-refractivity contribution >= 4 is 41.5 Å². The summed E-state index contributed by atoms with van der Waals surface area (Å²) in [5, 5.41) is 4.39. The molecule has 2 heterocycles. The number of rotatable bonds is 5. The molecule has 1 aliphatic heterocycles. The zero-order chi connectivity index (χ0) is 18.4. The summed E-state index contributed by atoms with van der Waals surface area (Å²) in [4.78, 5) is 19.5. The molecule has 7 heteroatoms. The summed E-state index contributed by atoms with van der Waals surface area (Å²) in [6.45, 7) is 2.48. The van der Waals surface area contributed by atoms with E-state index in [0.717, 1.165) is 43.6 Å². The van der Waals surface area contributed by atoms with Gasteiger partial charge in [-0.1, -0.05) is 35.3 Å². The molecule has 3 rings (SSSR count). The van der Waals surface area contributed by atoms with Gasteiger partial charge in [-0.25, -0.2) is 0 Å². The van der Waals surface area contributed by atoms with Crippen molar-refractivity contribution in [1.82, 2.24) is 15.2 Å². The maximum absolute atomic E-state index is 13.1. The highest BCUT2D eigenvalue weighted by molar-refractivity contribution is 6.42. The predicted molar refractivity (Wildman–Crippen MR) is 113 cm³/mol. The average Bonchev–Trinajstić information content (AvgIpc) is 2.93. The number of amides is 1. The number of pyridine rings is 1. The summed E-state index contributed by atoms with van der Waals surface area (Å²) < 4.78 is 0. The largest absolute Gasteiger partial charge is 0.333 e. The van der Waals surface area contributed by atoms with Gasteiger partial charge in [-0.3, -0.25) is 9.78 Å². The molecule has 146 valence electrons. The Kier molecular flexibility index (Phi) is 8.84. The molecule has 0 saturated carbocycles. The molecular formula is C20H24Cl3N3O. The second kappa shape index (κ2) is 10.9. The van der Waals surface area contributed by atoms with Crippen molar-refractivity contribution in [2.24, 2.45) is 0 Å². The second-order valence-electron chi connectivity index (χ2n) is 6.60. The van der Waals surface area contributed by atoms with Crippen LogP contribution in [0.4, 0.5) is 0 Å². The van der Waals surface area contributed by atoms with Gasteiger partial charge in [-0.05, 0) is 62.2 Å². The Hall–Kier alpha value is -1.33.